The van der Waals surface area contributed by atoms with Crippen LogP contribution in [-0.2, 0) is 0 Å². The Kier molecular flexibility index (Phi) is 3.86. The van der Waals surface area contributed by atoms with E-state index in [4.69, 9.17) is 27.9 Å². The minimum absolute atomic E-state index is 0.291. The number of aromatic nitrogens is 2. The lowest BCUT2D eigenvalue weighted by Gasteiger charge is -2.08. The first-order chi connectivity index (χ1) is 8.08. The molecule has 2 aromatic rings. The van der Waals surface area contributed by atoms with Gasteiger partial charge in [-0.3, -0.25) is 0 Å². The van der Waals surface area contributed by atoms with E-state index in [1.807, 2.05) is 19.1 Å². The molecule has 0 atom stereocenters. The van der Waals surface area contributed by atoms with Gasteiger partial charge in [-0.1, -0.05) is 29.3 Å². The Bertz CT molecular complexity index is 563. The van der Waals surface area contributed by atoms with Gasteiger partial charge in [0.15, 0.2) is 5.15 Å². The van der Waals surface area contributed by atoms with E-state index in [-0.39, 0.29) is 0 Å². The molecule has 0 unspecified atom stereocenters. The van der Waals surface area contributed by atoms with Crippen LogP contribution in [0.4, 0.5) is 0 Å². The molecule has 0 spiro atoms. The molecule has 0 aliphatic rings. The van der Waals surface area contributed by atoms with Gasteiger partial charge in [-0.25, -0.2) is 9.97 Å². The van der Waals surface area contributed by atoms with Crippen molar-refractivity contribution in [2.24, 2.45) is 0 Å². The molecule has 0 aliphatic heterocycles. The molecule has 2 rings (SSSR count). The predicted octanol–water partition coefficient (Wildman–Crippen LogP) is 4.65. The van der Waals surface area contributed by atoms with Gasteiger partial charge in [-0.15, -0.1) is 0 Å². The van der Waals surface area contributed by atoms with Crippen LogP contribution in [0.5, 0.6) is 11.6 Å². The molecule has 0 saturated heterocycles. The Labute approximate surface area is 117 Å². The Morgan fingerprint density at radius 2 is 2.00 bits per heavy atom. The summed E-state index contributed by atoms with van der Waals surface area (Å²) >= 11 is 15.1. The maximum Gasteiger partial charge on any atom is 0.238 e. The number of nitrogens with zero attached hydrogens (tertiary/aromatic N) is 2. The van der Waals surface area contributed by atoms with Crippen molar-refractivity contribution in [3.8, 4) is 11.6 Å². The van der Waals surface area contributed by atoms with Crippen LogP contribution >= 0.6 is 39.1 Å². The number of hydrogen-bond donors (Lipinski definition) is 0. The van der Waals surface area contributed by atoms with Gasteiger partial charge in [0.2, 0.25) is 5.88 Å². The maximum absolute atomic E-state index is 6.02. The molecule has 88 valence electrons. The summed E-state index contributed by atoms with van der Waals surface area (Å²) in [6.45, 7) is 1.95. The largest absolute Gasteiger partial charge is 0.436 e. The van der Waals surface area contributed by atoms with Crippen LogP contribution in [0.2, 0.25) is 10.2 Å². The summed E-state index contributed by atoms with van der Waals surface area (Å²) in [5.74, 6) is 0.861. The van der Waals surface area contributed by atoms with Gasteiger partial charge in [0.05, 0.1) is 5.02 Å². The Balaban J connectivity index is 2.38. The lowest BCUT2D eigenvalue weighted by Crippen LogP contribution is -1.92. The lowest BCUT2D eigenvalue weighted by atomic mass is 10.2. The van der Waals surface area contributed by atoms with E-state index in [1.54, 1.807) is 6.07 Å². The summed E-state index contributed by atoms with van der Waals surface area (Å²) in [6, 6.07) is 5.49. The fraction of sp³-hybridized carbons (Fsp3) is 0.0909. The van der Waals surface area contributed by atoms with Crippen molar-refractivity contribution < 1.29 is 4.74 Å². The minimum atomic E-state index is 0.291. The topological polar surface area (TPSA) is 35.0 Å². The molecule has 0 N–H and O–H groups in total. The van der Waals surface area contributed by atoms with E-state index in [9.17, 15) is 0 Å². The van der Waals surface area contributed by atoms with Crippen LogP contribution in [0, 0.1) is 6.92 Å². The molecule has 0 aliphatic carbocycles. The normalized spacial score (nSPS) is 10.4. The van der Waals surface area contributed by atoms with Gasteiger partial charge in [0, 0.05) is 0 Å². The van der Waals surface area contributed by atoms with E-state index < -0.39 is 0 Å². The molecule has 3 nitrogen and oxygen atoms in total. The van der Waals surface area contributed by atoms with Crippen molar-refractivity contribution in [1.82, 2.24) is 9.97 Å². The fourth-order valence-electron chi connectivity index (χ4n) is 1.20. The van der Waals surface area contributed by atoms with Crippen molar-refractivity contribution in [2.45, 2.75) is 6.92 Å². The molecule has 0 bridgehead atoms. The van der Waals surface area contributed by atoms with Crippen molar-refractivity contribution >= 4 is 39.1 Å². The quantitative estimate of drug-likeness (QED) is 0.750. The lowest BCUT2D eigenvalue weighted by molar-refractivity contribution is 0.458. The smallest absolute Gasteiger partial charge is 0.238 e. The Morgan fingerprint density at radius 3 is 2.76 bits per heavy atom. The monoisotopic (exact) mass is 332 g/mol. The summed E-state index contributed by atoms with van der Waals surface area (Å²) in [7, 11) is 0. The highest BCUT2D eigenvalue weighted by Crippen LogP contribution is 2.34. The fourth-order valence-corrected chi connectivity index (χ4v) is 1.76. The van der Waals surface area contributed by atoms with Crippen LogP contribution in [0.3, 0.4) is 0 Å². The van der Waals surface area contributed by atoms with Crippen LogP contribution in [-0.4, -0.2) is 9.97 Å². The van der Waals surface area contributed by atoms with Gasteiger partial charge in [0.1, 0.15) is 16.5 Å². The van der Waals surface area contributed by atoms with Crippen molar-refractivity contribution in [3.05, 3.63) is 44.7 Å². The number of rotatable bonds is 2. The second-order valence-electron chi connectivity index (χ2n) is 3.32. The number of ether oxygens (including phenoxy) is 1. The molecule has 0 radical (unpaired) electrons. The number of halogens is 3. The van der Waals surface area contributed by atoms with Crippen molar-refractivity contribution in [2.75, 3.05) is 0 Å². The van der Waals surface area contributed by atoms with Crippen molar-refractivity contribution in [3.63, 3.8) is 0 Å². The maximum atomic E-state index is 6.02. The highest BCUT2D eigenvalue weighted by Gasteiger charge is 2.11. The summed E-state index contributed by atoms with van der Waals surface area (Å²) in [5.41, 5.74) is 1.04. The third-order valence-corrected chi connectivity index (χ3v) is 3.55. The van der Waals surface area contributed by atoms with Crippen LogP contribution in [0.25, 0.3) is 0 Å². The summed E-state index contributed by atoms with van der Waals surface area (Å²) in [4.78, 5) is 7.80. The first kappa shape index (κ1) is 12.6. The van der Waals surface area contributed by atoms with E-state index in [1.165, 1.54) is 6.33 Å². The van der Waals surface area contributed by atoms with Crippen LogP contribution in [0.1, 0.15) is 5.56 Å². The Morgan fingerprint density at radius 1 is 1.24 bits per heavy atom. The van der Waals surface area contributed by atoms with Gasteiger partial charge in [0.25, 0.3) is 0 Å². The van der Waals surface area contributed by atoms with E-state index in [2.05, 4.69) is 25.9 Å². The summed E-state index contributed by atoms with van der Waals surface area (Å²) in [5, 5.41) is 0.802. The van der Waals surface area contributed by atoms with E-state index in [0.29, 0.717) is 26.3 Å². The van der Waals surface area contributed by atoms with Gasteiger partial charge in [-0.2, -0.15) is 0 Å². The second-order valence-corrected chi connectivity index (χ2v) is 4.88. The van der Waals surface area contributed by atoms with Gasteiger partial charge in [-0.05, 0) is 40.5 Å². The molecule has 1 aromatic carbocycles. The molecule has 0 fully saturated rings. The molecule has 6 heteroatoms. The highest BCUT2D eigenvalue weighted by atomic mass is 79.9. The zero-order chi connectivity index (χ0) is 12.4. The van der Waals surface area contributed by atoms with E-state index >= 15 is 0 Å². The average molecular weight is 334 g/mol. The molecular formula is C11H7BrCl2N2O. The number of benzene rings is 1. The van der Waals surface area contributed by atoms with Crippen LogP contribution < -0.4 is 4.74 Å². The number of hydrogen-bond acceptors (Lipinski definition) is 3. The zero-order valence-electron chi connectivity index (χ0n) is 8.75. The first-order valence-electron chi connectivity index (χ1n) is 4.68. The van der Waals surface area contributed by atoms with E-state index in [0.717, 1.165) is 5.56 Å². The first-order valence-corrected chi connectivity index (χ1v) is 6.23. The SMILES string of the molecule is Cc1ccc(Cl)c(Oc2ncnc(Cl)c2Br)c1. The van der Waals surface area contributed by atoms with Gasteiger partial charge >= 0.3 is 0 Å². The standard InChI is InChI=1S/C11H7BrCl2N2O/c1-6-2-3-7(13)8(4-6)17-11-9(12)10(14)15-5-16-11/h2-5H,1H3. The minimum Gasteiger partial charge on any atom is -0.436 e. The molecular weight excluding hydrogens is 327 g/mol. The zero-order valence-corrected chi connectivity index (χ0v) is 11.8. The third-order valence-electron chi connectivity index (χ3n) is 2.01. The van der Waals surface area contributed by atoms with Gasteiger partial charge < -0.3 is 4.74 Å². The predicted molar refractivity (Wildman–Crippen MR) is 71.0 cm³/mol. The number of aryl methyl sites for hydroxylation is 1. The Hall–Kier alpha value is -0.840. The van der Waals surface area contributed by atoms with Crippen LogP contribution in [0.15, 0.2) is 29.0 Å². The second kappa shape index (κ2) is 5.21. The molecule has 17 heavy (non-hydrogen) atoms. The van der Waals surface area contributed by atoms with Crippen molar-refractivity contribution in [1.29, 1.82) is 0 Å². The summed E-state index contributed by atoms with van der Waals surface area (Å²) < 4.78 is 6.09. The molecule has 0 saturated carbocycles. The molecule has 1 aromatic heterocycles. The molecule has 0 amide bonds. The highest BCUT2D eigenvalue weighted by molar-refractivity contribution is 9.10. The third kappa shape index (κ3) is 2.89. The molecule has 1 heterocycles. The average Bonchev–Trinajstić information content (AvgIpc) is 2.30. The summed E-state index contributed by atoms with van der Waals surface area (Å²) in [6.07, 6.45) is 1.33.